The minimum atomic E-state index is 0.576. The lowest BCUT2D eigenvalue weighted by Crippen LogP contribution is -2.43. The summed E-state index contributed by atoms with van der Waals surface area (Å²) in [6.07, 6.45) is 6.90. The Bertz CT molecular complexity index is 510. The molecular formula is C17H26N4O. The maximum absolute atomic E-state index is 6.11. The molecule has 1 unspecified atom stereocenters. The fourth-order valence-electron chi connectivity index (χ4n) is 2.75. The fourth-order valence-corrected chi connectivity index (χ4v) is 2.75. The molecule has 5 heteroatoms. The number of hydrogen-bond acceptors (Lipinski definition) is 3. The second-order valence-corrected chi connectivity index (χ2v) is 6.63. The third-order valence-corrected chi connectivity index (χ3v) is 4.37. The van der Waals surface area contributed by atoms with Crippen molar-refractivity contribution in [1.82, 2.24) is 9.88 Å². The molecular weight excluding hydrogens is 276 g/mol. The second kappa shape index (κ2) is 6.99. The SMILES string of the molecule is CC1CCCN(C(N)=NCc2ccc(OCC3CC3)nc2)C1. The highest BCUT2D eigenvalue weighted by atomic mass is 16.5. The zero-order valence-electron chi connectivity index (χ0n) is 13.4. The number of ether oxygens (including phenoxy) is 1. The standard InChI is InChI=1S/C17H26N4O/c1-13-3-2-8-21(11-13)17(18)20-10-15-6-7-16(19-9-15)22-12-14-4-5-14/h6-7,9,13-14H,2-5,8,10-12H2,1H3,(H2,18,20). The predicted molar refractivity (Wildman–Crippen MR) is 87.8 cm³/mol. The normalized spacial score (nSPS) is 22.7. The van der Waals surface area contributed by atoms with Crippen LogP contribution in [0, 0.1) is 11.8 Å². The van der Waals surface area contributed by atoms with Crippen LogP contribution in [-0.4, -0.2) is 35.5 Å². The van der Waals surface area contributed by atoms with Gasteiger partial charge in [0, 0.05) is 25.4 Å². The van der Waals surface area contributed by atoms with Gasteiger partial charge in [-0.3, -0.25) is 0 Å². The molecule has 1 atom stereocenters. The molecule has 1 saturated carbocycles. The maximum Gasteiger partial charge on any atom is 0.213 e. The monoisotopic (exact) mass is 302 g/mol. The largest absolute Gasteiger partial charge is 0.477 e. The lowest BCUT2D eigenvalue weighted by Gasteiger charge is -2.31. The number of aliphatic imine (C=N–C) groups is 1. The number of likely N-dealkylation sites (tertiary alicyclic amines) is 1. The van der Waals surface area contributed by atoms with E-state index in [0.717, 1.165) is 31.2 Å². The Hall–Kier alpha value is -1.78. The van der Waals surface area contributed by atoms with E-state index in [-0.39, 0.29) is 0 Å². The molecule has 0 amide bonds. The van der Waals surface area contributed by atoms with Gasteiger partial charge >= 0.3 is 0 Å². The third kappa shape index (κ3) is 4.36. The summed E-state index contributed by atoms with van der Waals surface area (Å²) >= 11 is 0. The Morgan fingerprint density at radius 1 is 1.41 bits per heavy atom. The average molecular weight is 302 g/mol. The Morgan fingerprint density at radius 3 is 2.95 bits per heavy atom. The van der Waals surface area contributed by atoms with Gasteiger partial charge in [0.2, 0.25) is 5.88 Å². The zero-order valence-corrected chi connectivity index (χ0v) is 13.4. The van der Waals surface area contributed by atoms with E-state index in [0.29, 0.717) is 24.3 Å². The molecule has 1 saturated heterocycles. The lowest BCUT2D eigenvalue weighted by molar-refractivity contribution is 0.270. The van der Waals surface area contributed by atoms with Gasteiger partial charge in [0.1, 0.15) is 0 Å². The number of rotatable bonds is 5. The molecule has 0 bridgehead atoms. The number of nitrogens with two attached hydrogens (primary N) is 1. The molecule has 1 aromatic heterocycles. The van der Waals surface area contributed by atoms with Crippen molar-refractivity contribution in [1.29, 1.82) is 0 Å². The van der Waals surface area contributed by atoms with Gasteiger partial charge in [0.05, 0.1) is 13.2 Å². The second-order valence-electron chi connectivity index (χ2n) is 6.63. The molecule has 2 N–H and O–H groups in total. The van der Waals surface area contributed by atoms with E-state index in [9.17, 15) is 0 Å². The van der Waals surface area contributed by atoms with Crippen LogP contribution in [-0.2, 0) is 6.54 Å². The van der Waals surface area contributed by atoms with E-state index < -0.39 is 0 Å². The Morgan fingerprint density at radius 2 is 2.27 bits per heavy atom. The quantitative estimate of drug-likeness (QED) is 0.670. The van der Waals surface area contributed by atoms with Crippen LogP contribution in [0.2, 0.25) is 0 Å². The molecule has 1 aliphatic heterocycles. The maximum atomic E-state index is 6.11. The summed E-state index contributed by atoms with van der Waals surface area (Å²) in [6, 6.07) is 3.94. The van der Waals surface area contributed by atoms with Gasteiger partial charge in [-0.1, -0.05) is 13.0 Å². The first-order valence-electron chi connectivity index (χ1n) is 8.33. The molecule has 1 aliphatic carbocycles. The van der Waals surface area contributed by atoms with Crippen LogP contribution in [0.5, 0.6) is 5.88 Å². The Labute approximate surface area is 132 Å². The fraction of sp³-hybridized carbons (Fsp3) is 0.647. The molecule has 0 spiro atoms. The first kappa shape index (κ1) is 15.1. The molecule has 3 rings (SSSR count). The number of nitrogens with zero attached hydrogens (tertiary/aromatic N) is 3. The molecule has 22 heavy (non-hydrogen) atoms. The van der Waals surface area contributed by atoms with Crippen LogP contribution >= 0.6 is 0 Å². The highest BCUT2D eigenvalue weighted by molar-refractivity contribution is 5.78. The zero-order chi connectivity index (χ0) is 15.4. The van der Waals surface area contributed by atoms with Crippen LogP contribution in [0.25, 0.3) is 0 Å². The molecule has 5 nitrogen and oxygen atoms in total. The van der Waals surface area contributed by atoms with Crippen molar-refractivity contribution < 1.29 is 4.74 Å². The van der Waals surface area contributed by atoms with E-state index in [1.807, 2.05) is 18.3 Å². The Kier molecular flexibility index (Phi) is 4.80. The summed E-state index contributed by atoms with van der Waals surface area (Å²) in [7, 11) is 0. The van der Waals surface area contributed by atoms with E-state index in [2.05, 4.69) is 21.8 Å². The number of pyridine rings is 1. The summed E-state index contributed by atoms with van der Waals surface area (Å²) in [5, 5.41) is 0. The number of hydrogen-bond donors (Lipinski definition) is 1. The lowest BCUT2D eigenvalue weighted by atomic mass is 10.0. The van der Waals surface area contributed by atoms with Gasteiger partial charge in [-0.05, 0) is 43.1 Å². The van der Waals surface area contributed by atoms with Crippen molar-refractivity contribution in [3.8, 4) is 5.88 Å². The van der Waals surface area contributed by atoms with Gasteiger partial charge in [0.15, 0.2) is 5.96 Å². The van der Waals surface area contributed by atoms with E-state index >= 15 is 0 Å². The highest BCUT2D eigenvalue weighted by Gasteiger charge is 2.22. The van der Waals surface area contributed by atoms with Gasteiger partial charge in [0.25, 0.3) is 0 Å². The van der Waals surface area contributed by atoms with Crippen LogP contribution in [0.4, 0.5) is 0 Å². The highest BCUT2D eigenvalue weighted by Crippen LogP contribution is 2.29. The number of piperidine rings is 1. The molecule has 0 radical (unpaired) electrons. The van der Waals surface area contributed by atoms with Crippen molar-refractivity contribution in [2.24, 2.45) is 22.6 Å². The summed E-state index contributed by atoms with van der Waals surface area (Å²) in [6.45, 7) is 5.67. The molecule has 2 aliphatic rings. The van der Waals surface area contributed by atoms with Crippen LogP contribution < -0.4 is 10.5 Å². The summed E-state index contributed by atoms with van der Waals surface area (Å²) < 4.78 is 5.64. The minimum absolute atomic E-state index is 0.576. The van der Waals surface area contributed by atoms with Crippen LogP contribution in [0.15, 0.2) is 23.3 Å². The van der Waals surface area contributed by atoms with Crippen molar-refractivity contribution in [2.45, 2.75) is 39.2 Å². The average Bonchev–Trinajstić information content (AvgIpc) is 3.36. The first-order valence-corrected chi connectivity index (χ1v) is 8.33. The van der Waals surface area contributed by atoms with Gasteiger partial charge in [-0.25, -0.2) is 9.98 Å². The van der Waals surface area contributed by atoms with Crippen molar-refractivity contribution in [2.75, 3.05) is 19.7 Å². The predicted octanol–water partition coefficient (Wildman–Crippen LogP) is 2.42. The van der Waals surface area contributed by atoms with Crippen molar-refractivity contribution >= 4 is 5.96 Å². The van der Waals surface area contributed by atoms with E-state index in [4.69, 9.17) is 10.5 Å². The van der Waals surface area contributed by atoms with Crippen LogP contribution in [0.1, 0.15) is 38.2 Å². The molecule has 2 fully saturated rings. The Balaban J connectivity index is 1.49. The van der Waals surface area contributed by atoms with Gasteiger partial charge in [-0.15, -0.1) is 0 Å². The van der Waals surface area contributed by atoms with E-state index in [1.54, 1.807) is 0 Å². The number of guanidine groups is 1. The van der Waals surface area contributed by atoms with E-state index in [1.165, 1.54) is 25.7 Å². The molecule has 120 valence electrons. The summed E-state index contributed by atoms with van der Waals surface area (Å²) in [5.41, 5.74) is 7.17. The summed E-state index contributed by atoms with van der Waals surface area (Å²) in [5.74, 6) is 2.81. The topological polar surface area (TPSA) is 63.7 Å². The summed E-state index contributed by atoms with van der Waals surface area (Å²) in [4.78, 5) is 11.0. The molecule has 2 heterocycles. The van der Waals surface area contributed by atoms with Gasteiger partial charge in [-0.2, -0.15) is 0 Å². The van der Waals surface area contributed by atoms with Crippen LogP contribution in [0.3, 0.4) is 0 Å². The smallest absolute Gasteiger partial charge is 0.213 e. The van der Waals surface area contributed by atoms with Crippen molar-refractivity contribution in [3.63, 3.8) is 0 Å². The molecule has 0 aromatic carbocycles. The minimum Gasteiger partial charge on any atom is -0.477 e. The molecule has 1 aromatic rings. The first-order chi connectivity index (χ1) is 10.7. The van der Waals surface area contributed by atoms with Crippen molar-refractivity contribution in [3.05, 3.63) is 23.9 Å². The van der Waals surface area contributed by atoms with Gasteiger partial charge < -0.3 is 15.4 Å². The third-order valence-electron chi connectivity index (χ3n) is 4.37. The number of aromatic nitrogens is 1.